The minimum atomic E-state index is -3.26. The van der Waals surface area contributed by atoms with Gasteiger partial charge < -0.3 is 10.6 Å². The summed E-state index contributed by atoms with van der Waals surface area (Å²) in [4.78, 5) is 14.2. The van der Waals surface area contributed by atoms with Crippen LogP contribution in [0.4, 0.5) is 0 Å². The van der Waals surface area contributed by atoms with Crippen LogP contribution in [-0.2, 0) is 20.4 Å². The first-order valence-corrected chi connectivity index (χ1v) is 8.70. The number of nitrogens with zero attached hydrogens (tertiary/aromatic N) is 1. The number of benzene rings is 1. The lowest BCUT2D eigenvalue weighted by Gasteiger charge is -2.29. The summed E-state index contributed by atoms with van der Waals surface area (Å²) in [6.45, 7) is 2.54. The maximum atomic E-state index is 12.6. The maximum absolute atomic E-state index is 12.6. The molecule has 0 spiro atoms. The third kappa shape index (κ3) is 3.81. The summed E-state index contributed by atoms with van der Waals surface area (Å²) in [5.74, 6) is -0.188. The zero-order valence-corrected chi connectivity index (χ0v) is 13.1. The van der Waals surface area contributed by atoms with Crippen LogP contribution in [0.2, 0.25) is 0 Å². The first-order chi connectivity index (χ1) is 9.70. The van der Waals surface area contributed by atoms with Gasteiger partial charge in [-0.3, -0.25) is 4.79 Å². The van der Waals surface area contributed by atoms with E-state index in [0.717, 1.165) is 11.8 Å². The van der Waals surface area contributed by atoms with Crippen LogP contribution in [0.5, 0.6) is 0 Å². The van der Waals surface area contributed by atoms with E-state index in [1.54, 1.807) is 11.8 Å². The zero-order chi connectivity index (χ0) is 15.7. The molecule has 7 heteroatoms. The number of carbonyl (C=O) groups excluding carboxylic acids is 1. The molecule has 0 aliphatic carbocycles. The van der Waals surface area contributed by atoms with E-state index in [-0.39, 0.29) is 11.9 Å². The molecule has 1 aliphatic heterocycles. The van der Waals surface area contributed by atoms with Gasteiger partial charge in [0.25, 0.3) is 0 Å². The maximum Gasteiger partial charge on any atom is 0.247 e. The van der Waals surface area contributed by atoms with Crippen molar-refractivity contribution in [2.24, 2.45) is 5.73 Å². The Hall–Kier alpha value is -1.44. The summed E-state index contributed by atoms with van der Waals surface area (Å²) in [5, 5.41) is 0. The van der Waals surface area contributed by atoms with Crippen molar-refractivity contribution in [3.8, 4) is 0 Å². The number of amides is 1. The minimum absolute atomic E-state index is 0.188. The van der Waals surface area contributed by atoms with E-state index in [2.05, 4.69) is 4.72 Å². The van der Waals surface area contributed by atoms with Crippen molar-refractivity contribution in [3.05, 3.63) is 35.9 Å². The van der Waals surface area contributed by atoms with Gasteiger partial charge in [-0.1, -0.05) is 30.3 Å². The van der Waals surface area contributed by atoms with Gasteiger partial charge >= 0.3 is 0 Å². The van der Waals surface area contributed by atoms with Gasteiger partial charge in [0.2, 0.25) is 15.9 Å². The summed E-state index contributed by atoms with van der Waals surface area (Å²) in [5.41, 5.74) is 5.84. The zero-order valence-electron chi connectivity index (χ0n) is 12.2. The highest BCUT2D eigenvalue weighted by Crippen LogP contribution is 2.23. The van der Waals surface area contributed by atoms with Gasteiger partial charge in [0.1, 0.15) is 5.54 Å². The van der Waals surface area contributed by atoms with E-state index >= 15 is 0 Å². The number of hydrogen-bond acceptors (Lipinski definition) is 4. The molecule has 116 valence electrons. The number of hydrogen-bond donors (Lipinski definition) is 2. The minimum Gasteiger partial charge on any atom is -0.339 e. The fourth-order valence-electron chi connectivity index (χ4n) is 2.58. The normalized spacial score (nSPS) is 22.0. The standard InChI is InChI=1S/C14H21N3O3S/c1-14(15,11-6-4-3-5-7-11)13(18)17-9-8-12(10-17)16-21(2,19)20/h3-7,12,16H,8-10,15H2,1-2H3. The Kier molecular flexibility index (Phi) is 4.36. The number of likely N-dealkylation sites (tertiary alicyclic amines) is 1. The summed E-state index contributed by atoms with van der Waals surface area (Å²) < 4.78 is 25.0. The molecule has 1 amide bonds. The van der Waals surface area contributed by atoms with Crippen LogP contribution < -0.4 is 10.5 Å². The average molecular weight is 311 g/mol. The van der Waals surface area contributed by atoms with Crippen LogP contribution >= 0.6 is 0 Å². The molecule has 1 aromatic carbocycles. The van der Waals surface area contributed by atoms with Crippen molar-refractivity contribution in [2.45, 2.75) is 24.9 Å². The summed E-state index contributed by atoms with van der Waals surface area (Å²) in [7, 11) is -3.26. The van der Waals surface area contributed by atoms with E-state index in [1.165, 1.54) is 0 Å². The van der Waals surface area contributed by atoms with E-state index in [9.17, 15) is 13.2 Å². The van der Waals surface area contributed by atoms with E-state index in [0.29, 0.717) is 19.5 Å². The number of carbonyl (C=O) groups is 1. The van der Waals surface area contributed by atoms with Gasteiger partial charge in [-0.25, -0.2) is 13.1 Å². The molecule has 0 aromatic heterocycles. The Balaban J connectivity index is 2.08. The Bertz CT molecular complexity index is 614. The Morgan fingerprint density at radius 2 is 2.00 bits per heavy atom. The van der Waals surface area contributed by atoms with E-state index in [4.69, 9.17) is 5.73 Å². The molecule has 1 heterocycles. The molecule has 3 N–H and O–H groups in total. The van der Waals surface area contributed by atoms with Crippen molar-refractivity contribution in [2.75, 3.05) is 19.3 Å². The van der Waals surface area contributed by atoms with E-state index < -0.39 is 15.6 Å². The molecular formula is C14H21N3O3S. The largest absolute Gasteiger partial charge is 0.339 e. The van der Waals surface area contributed by atoms with Gasteiger partial charge in [0, 0.05) is 19.1 Å². The molecule has 0 radical (unpaired) electrons. The van der Waals surface area contributed by atoms with Gasteiger partial charge in [0.15, 0.2) is 0 Å². The smallest absolute Gasteiger partial charge is 0.247 e. The van der Waals surface area contributed by atoms with Gasteiger partial charge in [-0.05, 0) is 18.9 Å². The van der Waals surface area contributed by atoms with Crippen molar-refractivity contribution < 1.29 is 13.2 Å². The molecule has 1 aromatic rings. The SMILES string of the molecule is CC(N)(C(=O)N1CCC(NS(C)(=O)=O)C1)c1ccccc1. The van der Waals surface area contributed by atoms with Crippen LogP contribution in [0, 0.1) is 0 Å². The molecule has 6 nitrogen and oxygen atoms in total. The van der Waals surface area contributed by atoms with Crippen LogP contribution in [0.3, 0.4) is 0 Å². The Labute approximate surface area is 125 Å². The Morgan fingerprint density at radius 1 is 1.38 bits per heavy atom. The highest BCUT2D eigenvalue weighted by atomic mass is 32.2. The molecule has 1 aliphatic rings. The highest BCUT2D eigenvalue weighted by Gasteiger charge is 2.38. The molecule has 1 saturated heterocycles. The van der Waals surface area contributed by atoms with Crippen molar-refractivity contribution in [1.29, 1.82) is 0 Å². The first kappa shape index (κ1) is 15.9. The second-order valence-corrected chi connectivity index (χ2v) is 7.48. The van der Waals surface area contributed by atoms with Gasteiger partial charge in [0.05, 0.1) is 6.26 Å². The molecule has 0 bridgehead atoms. The number of rotatable bonds is 4. The fourth-order valence-corrected chi connectivity index (χ4v) is 3.38. The predicted octanol–water partition coefficient (Wildman–Crippen LogP) is 0.0106. The van der Waals surface area contributed by atoms with Crippen molar-refractivity contribution in [1.82, 2.24) is 9.62 Å². The fraction of sp³-hybridized carbons (Fsp3) is 0.500. The van der Waals surface area contributed by atoms with Crippen molar-refractivity contribution in [3.63, 3.8) is 0 Å². The molecule has 1 fully saturated rings. The second kappa shape index (κ2) is 5.75. The predicted molar refractivity (Wildman–Crippen MR) is 80.9 cm³/mol. The van der Waals surface area contributed by atoms with Gasteiger partial charge in [-0.15, -0.1) is 0 Å². The number of nitrogens with one attached hydrogen (secondary N) is 1. The number of sulfonamides is 1. The second-order valence-electron chi connectivity index (χ2n) is 5.70. The molecule has 0 saturated carbocycles. The lowest BCUT2D eigenvalue weighted by atomic mass is 9.92. The average Bonchev–Trinajstić information content (AvgIpc) is 2.85. The molecule has 2 rings (SSSR count). The third-order valence-electron chi connectivity index (χ3n) is 3.67. The van der Waals surface area contributed by atoms with Crippen LogP contribution in [0.15, 0.2) is 30.3 Å². The lowest BCUT2D eigenvalue weighted by molar-refractivity contribution is -0.135. The lowest BCUT2D eigenvalue weighted by Crippen LogP contribution is -2.51. The first-order valence-electron chi connectivity index (χ1n) is 6.81. The molecule has 2 unspecified atom stereocenters. The topological polar surface area (TPSA) is 92.5 Å². The molecule has 21 heavy (non-hydrogen) atoms. The van der Waals surface area contributed by atoms with E-state index in [1.807, 2.05) is 30.3 Å². The number of nitrogens with two attached hydrogens (primary N) is 1. The van der Waals surface area contributed by atoms with Crippen LogP contribution in [0.25, 0.3) is 0 Å². The third-order valence-corrected chi connectivity index (χ3v) is 4.44. The van der Waals surface area contributed by atoms with Crippen molar-refractivity contribution >= 4 is 15.9 Å². The molecular weight excluding hydrogens is 290 g/mol. The summed E-state index contributed by atoms with van der Waals surface area (Å²) in [6, 6.07) is 8.94. The monoisotopic (exact) mass is 311 g/mol. The highest BCUT2D eigenvalue weighted by molar-refractivity contribution is 7.88. The summed E-state index contributed by atoms with van der Waals surface area (Å²) in [6.07, 6.45) is 1.72. The van der Waals surface area contributed by atoms with Crippen LogP contribution in [-0.4, -0.2) is 44.6 Å². The molecule has 2 atom stereocenters. The van der Waals surface area contributed by atoms with Gasteiger partial charge in [-0.2, -0.15) is 0 Å². The van der Waals surface area contributed by atoms with Crippen LogP contribution in [0.1, 0.15) is 18.9 Å². The summed E-state index contributed by atoms with van der Waals surface area (Å²) >= 11 is 0. The quantitative estimate of drug-likeness (QED) is 0.819. The Morgan fingerprint density at radius 3 is 2.57 bits per heavy atom.